The topological polar surface area (TPSA) is 44.4 Å². The zero-order valence-corrected chi connectivity index (χ0v) is 14.7. The molecule has 3 aliphatic rings. The molecule has 4 heteroatoms. The van der Waals surface area contributed by atoms with Crippen LogP contribution < -0.4 is 10.6 Å². The molecule has 0 bridgehead atoms. The summed E-state index contributed by atoms with van der Waals surface area (Å²) in [6.45, 7) is 5.63. The molecule has 1 aliphatic carbocycles. The molecule has 2 saturated heterocycles. The number of amides is 1. The average Bonchev–Trinajstić information content (AvgIpc) is 2.99. The van der Waals surface area contributed by atoms with Crippen LogP contribution in [0.5, 0.6) is 0 Å². The first-order valence-corrected chi connectivity index (χ1v) is 10.0. The quantitative estimate of drug-likeness (QED) is 0.765. The van der Waals surface area contributed by atoms with Crippen molar-refractivity contribution in [3.05, 3.63) is 0 Å². The van der Waals surface area contributed by atoms with E-state index in [0.717, 1.165) is 31.8 Å². The molecule has 0 radical (unpaired) electrons. The molecule has 2 atom stereocenters. The molecule has 2 N–H and O–H groups in total. The molecule has 0 aromatic rings. The number of nitrogens with zero attached hydrogens (tertiary/aromatic N) is 1. The Morgan fingerprint density at radius 1 is 0.957 bits per heavy atom. The van der Waals surface area contributed by atoms with Crippen LogP contribution in [0.15, 0.2) is 0 Å². The molecular weight excluding hydrogens is 286 g/mol. The van der Waals surface area contributed by atoms with Gasteiger partial charge < -0.3 is 15.5 Å². The summed E-state index contributed by atoms with van der Waals surface area (Å²) in [5.41, 5.74) is 0. The van der Waals surface area contributed by atoms with Gasteiger partial charge in [-0.2, -0.15) is 0 Å². The first kappa shape index (κ1) is 17.2. The third-order valence-corrected chi connectivity index (χ3v) is 6.04. The molecule has 2 unspecified atom stereocenters. The summed E-state index contributed by atoms with van der Waals surface area (Å²) in [4.78, 5) is 14.8. The summed E-state index contributed by atoms with van der Waals surface area (Å²) < 4.78 is 0. The molecule has 3 rings (SSSR count). The maximum Gasteiger partial charge on any atom is 0.237 e. The van der Waals surface area contributed by atoms with Crippen LogP contribution in [0.3, 0.4) is 0 Å². The largest absolute Gasteiger partial charge is 0.354 e. The van der Waals surface area contributed by atoms with E-state index in [9.17, 15) is 4.79 Å². The van der Waals surface area contributed by atoms with Crippen LogP contribution in [-0.4, -0.2) is 49.6 Å². The first-order chi connectivity index (χ1) is 11.3. The van der Waals surface area contributed by atoms with Crippen molar-refractivity contribution in [3.63, 3.8) is 0 Å². The highest BCUT2D eigenvalue weighted by atomic mass is 16.2. The van der Waals surface area contributed by atoms with E-state index in [-0.39, 0.29) is 11.9 Å². The van der Waals surface area contributed by atoms with E-state index in [2.05, 4.69) is 15.5 Å². The number of piperidine rings is 1. The summed E-state index contributed by atoms with van der Waals surface area (Å²) in [5.74, 6) is 1.80. The minimum Gasteiger partial charge on any atom is -0.354 e. The summed E-state index contributed by atoms with van der Waals surface area (Å²) >= 11 is 0. The summed E-state index contributed by atoms with van der Waals surface area (Å²) in [6, 6.07) is 0.0701. The van der Waals surface area contributed by atoms with Crippen LogP contribution in [0.4, 0.5) is 0 Å². The smallest absolute Gasteiger partial charge is 0.237 e. The van der Waals surface area contributed by atoms with Gasteiger partial charge in [-0.25, -0.2) is 0 Å². The molecule has 0 aromatic heterocycles. The fraction of sp³-hybridized carbons (Fsp3) is 0.947. The maximum absolute atomic E-state index is 12.1. The van der Waals surface area contributed by atoms with E-state index in [1.807, 2.05) is 0 Å². The molecule has 23 heavy (non-hydrogen) atoms. The SMILES string of the molecule is O=C(NCC1CCCN(CC2CCCCCC2)C1)C1CCCN1. The van der Waals surface area contributed by atoms with Gasteiger partial charge in [0, 0.05) is 19.6 Å². The Morgan fingerprint density at radius 2 is 1.74 bits per heavy atom. The van der Waals surface area contributed by atoms with Gasteiger partial charge in [0.25, 0.3) is 0 Å². The van der Waals surface area contributed by atoms with Gasteiger partial charge in [-0.1, -0.05) is 25.7 Å². The summed E-state index contributed by atoms with van der Waals surface area (Å²) in [6.07, 6.45) is 13.4. The van der Waals surface area contributed by atoms with E-state index >= 15 is 0 Å². The predicted octanol–water partition coefficient (Wildman–Crippen LogP) is 2.54. The highest BCUT2D eigenvalue weighted by Crippen LogP contribution is 2.25. The molecule has 2 heterocycles. The van der Waals surface area contributed by atoms with Crippen LogP contribution in [0.2, 0.25) is 0 Å². The molecule has 1 saturated carbocycles. The van der Waals surface area contributed by atoms with Crippen molar-refractivity contribution in [3.8, 4) is 0 Å². The van der Waals surface area contributed by atoms with E-state index in [0.29, 0.717) is 5.92 Å². The minimum atomic E-state index is 0.0701. The number of likely N-dealkylation sites (tertiary alicyclic amines) is 1. The van der Waals surface area contributed by atoms with Gasteiger partial charge in [-0.05, 0) is 63.5 Å². The van der Waals surface area contributed by atoms with Gasteiger partial charge in [-0.3, -0.25) is 4.79 Å². The Balaban J connectivity index is 1.38. The van der Waals surface area contributed by atoms with E-state index in [1.165, 1.54) is 71.0 Å². The lowest BCUT2D eigenvalue weighted by atomic mass is 9.94. The summed E-state index contributed by atoms with van der Waals surface area (Å²) in [5, 5.41) is 6.49. The third kappa shape index (κ3) is 5.46. The Kier molecular flexibility index (Phi) is 6.76. The standard InChI is InChI=1S/C19H35N3O/c23-19(18-10-5-11-20-18)21-13-17-9-6-12-22(15-17)14-16-7-3-1-2-4-8-16/h16-18,20H,1-15H2,(H,21,23). The fourth-order valence-electron chi connectivity index (χ4n) is 4.67. The van der Waals surface area contributed by atoms with E-state index in [4.69, 9.17) is 0 Å². The molecule has 2 aliphatic heterocycles. The second-order valence-corrected chi connectivity index (χ2v) is 8.02. The molecule has 4 nitrogen and oxygen atoms in total. The van der Waals surface area contributed by atoms with Crippen molar-refractivity contribution in [1.82, 2.24) is 15.5 Å². The van der Waals surface area contributed by atoms with E-state index in [1.54, 1.807) is 0 Å². The number of nitrogens with one attached hydrogen (secondary N) is 2. The normalized spacial score (nSPS) is 31.0. The average molecular weight is 322 g/mol. The van der Waals surface area contributed by atoms with Crippen molar-refractivity contribution in [2.24, 2.45) is 11.8 Å². The van der Waals surface area contributed by atoms with Gasteiger partial charge in [0.05, 0.1) is 6.04 Å². The van der Waals surface area contributed by atoms with Gasteiger partial charge in [0.1, 0.15) is 0 Å². The van der Waals surface area contributed by atoms with Crippen LogP contribution in [0.25, 0.3) is 0 Å². The lowest BCUT2D eigenvalue weighted by Crippen LogP contribution is -2.46. The lowest BCUT2D eigenvalue weighted by molar-refractivity contribution is -0.123. The number of rotatable bonds is 5. The van der Waals surface area contributed by atoms with Gasteiger partial charge >= 0.3 is 0 Å². The van der Waals surface area contributed by atoms with Gasteiger partial charge in [0.15, 0.2) is 0 Å². The highest BCUT2D eigenvalue weighted by Gasteiger charge is 2.25. The van der Waals surface area contributed by atoms with E-state index < -0.39 is 0 Å². The zero-order valence-electron chi connectivity index (χ0n) is 14.7. The van der Waals surface area contributed by atoms with Gasteiger partial charge in [0.2, 0.25) is 5.91 Å². The van der Waals surface area contributed by atoms with Crippen LogP contribution in [0.1, 0.15) is 64.2 Å². The Morgan fingerprint density at radius 3 is 2.48 bits per heavy atom. The molecule has 3 fully saturated rings. The van der Waals surface area contributed by atoms with Crippen LogP contribution >= 0.6 is 0 Å². The summed E-state index contributed by atoms with van der Waals surface area (Å²) in [7, 11) is 0. The molecule has 0 aromatic carbocycles. The fourth-order valence-corrected chi connectivity index (χ4v) is 4.67. The highest BCUT2D eigenvalue weighted by molar-refractivity contribution is 5.81. The van der Waals surface area contributed by atoms with Gasteiger partial charge in [-0.15, -0.1) is 0 Å². The zero-order chi connectivity index (χ0) is 15.9. The van der Waals surface area contributed by atoms with Crippen molar-refractivity contribution in [2.45, 2.75) is 70.3 Å². The lowest BCUT2D eigenvalue weighted by Gasteiger charge is -2.35. The number of hydrogen-bond donors (Lipinski definition) is 2. The minimum absolute atomic E-state index is 0.0701. The predicted molar refractivity (Wildman–Crippen MR) is 94.4 cm³/mol. The molecule has 1 amide bonds. The van der Waals surface area contributed by atoms with Crippen LogP contribution in [-0.2, 0) is 4.79 Å². The second-order valence-electron chi connectivity index (χ2n) is 8.02. The molecule has 0 spiro atoms. The van der Waals surface area contributed by atoms with Crippen LogP contribution in [0, 0.1) is 11.8 Å². The third-order valence-electron chi connectivity index (χ3n) is 6.04. The Hall–Kier alpha value is -0.610. The maximum atomic E-state index is 12.1. The monoisotopic (exact) mass is 321 g/mol. The Labute approximate surface area is 141 Å². The first-order valence-electron chi connectivity index (χ1n) is 10.0. The van der Waals surface area contributed by atoms with Crippen molar-refractivity contribution < 1.29 is 4.79 Å². The number of hydrogen-bond acceptors (Lipinski definition) is 3. The number of carbonyl (C=O) groups excluding carboxylic acids is 1. The number of carbonyl (C=O) groups is 1. The molecule has 132 valence electrons. The van der Waals surface area contributed by atoms with Crippen molar-refractivity contribution in [1.29, 1.82) is 0 Å². The second kappa shape index (κ2) is 9.03. The molecular formula is C19H35N3O. The van der Waals surface area contributed by atoms with Crippen molar-refractivity contribution in [2.75, 3.05) is 32.7 Å². The van der Waals surface area contributed by atoms with Crippen molar-refractivity contribution >= 4 is 5.91 Å². The Bertz CT molecular complexity index is 360.